The molecule has 5 nitrogen and oxygen atoms in total. The minimum absolute atomic E-state index is 0.117. The predicted molar refractivity (Wildman–Crippen MR) is 104 cm³/mol. The Hall–Kier alpha value is -2.30. The Balaban J connectivity index is 2.78. The van der Waals surface area contributed by atoms with Crippen molar-refractivity contribution in [1.82, 2.24) is 4.90 Å². The van der Waals surface area contributed by atoms with Crippen molar-refractivity contribution in [3.8, 4) is 5.75 Å². The number of nitrogens with zero attached hydrogens (tertiary/aromatic N) is 1. The predicted octanol–water partition coefficient (Wildman–Crippen LogP) is 3.93. The molecular formula is C21H31NO4. The third kappa shape index (κ3) is 8.19. The molecule has 0 saturated heterocycles. The summed E-state index contributed by atoms with van der Waals surface area (Å²) in [6, 6.07) is 7.64. The largest absolute Gasteiger partial charge is 0.493 e. The van der Waals surface area contributed by atoms with Crippen molar-refractivity contribution in [2.24, 2.45) is 5.92 Å². The maximum Gasteiger partial charge on any atom is 0.307 e. The maximum absolute atomic E-state index is 12.6. The Morgan fingerprint density at radius 3 is 2.58 bits per heavy atom. The maximum atomic E-state index is 12.6. The highest BCUT2D eigenvalue weighted by Crippen LogP contribution is 2.20. The molecule has 0 aliphatic heterocycles. The molecule has 0 aliphatic carbocycles. The summed E-state index contributed by atoms with van der Waals surface area (Å²) < 4.78 is 10.7. The minimum atomic E-state index is -0.281. The Bertz CT molecular complexity index is 595. The summed E-state index contributed by atoms with van der Waals surface area (Å²) in [5, 5.41) is 0. The van der Waals surface area contributed by atoms with Crippen LogP contribution in [0.2, 0.25) is 0 Å². The van der Waals surface area contributed by atoms with Crippen molar-refractivity contribution >= 4 is 18.0 Å². The third-order valence-electron chi connectivity index (χ3n) is 3.57. The van der Waals surface area contributed by atoms with Gasteiger partial charge in [0.1, 0.15) is 5.75 Å². The van der Waals surface area contributed by atoms with Crippen molar-refractivity contribution in [1.29, 1.82) is 0 Å². The number of hydrogen-bond acceptors (Lipinski definition) is 4. The molecule has 144 valence electrons. The minimum Gasteiger partial charge on any atom is -0.493 e. The van der Waals surface area contributed by atoms with E-state index >= 15 is 0 Å². The summed E-state index contributed by atoms with van der Waals surface area (Å²) in [6.07, 6.45) is 4.44. The first-order valence-corrected chi connectivity index (χ1v) is 9.32. The summed E-state index contributed by atoms with van der Waals surface area (Å²) in [5.74, 6) is 0.680. The van der Waals surface area contributed by atoms with E-state index in [0.29, 0.717) is 32.2 Å². The molecule has 1 aromatic carbocycles. The number of carbonyl (C=O) groups is 2. The Morgan fingerprint density at radius 2 is 1.92 bits per heavy atom. The molecule has 1 aromatic rings. The van der Waals surface area contributed by atoms with Crippen LogP contribution in [0.3, 0.4) is 0 Å². The van der Waals surface area contributed by atoms with E-state index in [4.69, 9.17) is 9.47 Å². The van der Waals surface area contributed by atoms with Gasteiger partial charge in [-0.1, -0.05) is 39.0 Å². The fraction of sp³-hybridized carbons (Fsp3) is 0.524. The van der Waals surface area contributed by atoms with Crippen molar-refractivity contribution in [3.05, 3.63) is 35.9 Å². The number of para-hydroxylation sites is 1. The van der Waals surface area contributed by atoms with E-state index in [9.17, 15) is 9.59 Å². The number of hydrogen-bond donors (Lipinski definition) is 0. The molecule has 0 radical (unpaired) electrons. The van der Waals surface area contributed by atoms with Crippen molar-refractivity contribution in [2.45, 2.75) is 40.5 Å². The molecule has 0 N–H and O–H groups in total. The van der Waals surface area contributed by atoms with Gasteiger partial charge in [0.05, 0.1) is 19.6 Å². The normalized spacial score (nSPS) is 11.0. The van der Waals surface area contributed by atoms with Crippen LogP contribution in [-0.4, -0.2) is 43.1 Å². The first-order chi connectivity index (χ1) is 12.5. The third-order valence-corrected chi connectivity index (χ3v) is 3.57. The Kier molecular flexibility index (Phi) is 10.1. The highest BCUT2D eigenvalue weighted by Gasteiger charge is 2.15. The molecule has 0 saturated carbocycles. The van der Waals surface area contributed by atoms with Gasteiger partial charge in [-0.05, 0) is 31.4 Å². The lowest BCUT2D eigenvalue weighted by molar-refractivity contribution is -0.143. The van der Waals surface area contributed by atoms with Gasteiger partial charge < -0.3 is 14.4 Å². The quantitative estimate of drug-likeness (QED) is 0.443. The van der Waals surface area contributed by atoms with E-state index in [-0.39, 0.29) is 18.3 Å². The molecule has 0 heterocycles. The molecule has 0 bridgehead atoms. The summed E-state index contributed by atoms with van der Waals surface area (Å²) >= 11 is 0. The lowest BCUT2D eigenvalue weighted by Crippen LogP contribution is -2.35. The van der Waals surface area contributed by atoms with Crippen LogP contribution in [0.5, 0.6) is 5.75 Å². The lowest BCUT2D eigenvalue weighted by atomic mass is 10.1. The van der Waals surface area contributed by atoms with Gasteiger partial charge in [-0.15, -0.1) is 0 Å². The van der Waals surface area contributed by atoms with Gasteiger partial charge in [-0.2, -0.15) is 0 Å². The zero-order chi connectivity index (χ0) is 19.4. The Labute approximate surface area is 157 Å². The summed E-state index contributed by atoms with van der Waals surface area (Å²) in [7, 11) is 0. The molecule has 5 heteroatoms. The van der Waals surface area contributed by atoms with E-state index in [2.05, 4.69) is 6.92 Å². The van der Waals surface area contributed by atoms with Crippen LogP contribution in [0.1, 0.15) is 46.1 Å². The van der Waals surface area contributed by atoms with E-state index in [1.54, 1.807) is 24.0 Å². The van der Waals surface area contributed by atoms with Crippen LogP contribution in [0.15, 0.2) is 30.3 Å². The summed E-state index contributed by atoms with van der Waals surface area (Å²) in [4.78, 5) is 25.9. The lowest BCUT2D eigenvalue weighted by Gasteiger charge is -2.23. The van der Waals surface area contributed by atoms with E-state index < -0.39 is 0 Å². The number of ether oxygens (including phenoxy) is 2. The van der Waals surface area contributed by atoms with Crippen LogP contribution < -0.4 is 4.74 Å². The standard InChI is InChI=1S/C21H31NO4/c1-5-15-26-19-10-8-7-9-18(19)11-12-20(23)22(16-17(3)4)14-13-21(24)25-6-2/h7-12,17H,5-6,13-16H2,1-4H3/b12-11+. The van der Waals surface area contributed by atoms with Gasteiger partial charge in [0, 0.05) is 24.7 Å². The van der Waals surface area contributed by atoms with Gasteiger partial charge in [0.25, 0.3) is 0 Å². The molecule has 1 amide bonds. The number of carbonyl (C=O) groups excluding carboxylic acids is 2. The highest BCUT2D eigenvalue weighted by molar-refractivity contribution is 5.92. The van der Waals surface area contributed by atoms with Crippen molar-refractivity contribution < 1.29 is 19.1 Å². The topological polar surface area (TPSA) is 55.8 Å². The second kappa shape index (κ2) is 12.1. The zero-order valence-corrected chi connectivity index (χ0v) is 16.4. The number of rotatable bonds is 11. The molecule has 0 atom stereocenters. The van der Waals surface area contributed by atoms with E-state index in [1.807, 2.05) is 38.1 Å². The smallest absolute Gasteiger partial charge is 0.307 e. The van der Waals surface area contributed by atoms with Crippen LogP contribution in [0, 0.1) is 5.92 Å². The van der Waals surface area contributed by atoms with Crippen LogP contribution >= 0.6 is 0 Å². The number of benzene rings is 1. The summed E-state index contributed by atoms with van der Waals surface area (Å²) in [5.41, 5.74) is 0.865. The van der Waals surface area contributed by atoms with Crippen molar-refractivity contribution in [3.63, 3.8) is 0 Å². The fourth-order valence-electron chi connectivity index (χ4n) is 2.42. The van der Waals surface area contributed by atoms with E-state index in [1.165, 1.54) is 0 Å². The monoisotopic (exact) mass is 361 g/mol. The van der Waals surface area contributed by atoms with Gasteiger partial charge in [0.2, 0.25) is 5.91 Å². The van der Waals surface area contributed by atoms with Crippen molar-refractivity contribution in [2.75, 3.05) is 26.3 Å². The first kappa shape index (κ1) is 21.7. The molecule has 1 rings (SSSR count). The average molecular weight is 361 g/mol. The Morgan fingerprint density at radius 1 is 1.19 bits per heavy atom. The zero-order valence-electron chi connectivity index (χ0n) is 16.4. The highest BCUT2D eigenvalue weighted by atomic mass is 16.5. The molecular weight excluding hydrogens is 330 g/mol. The van der Waals surface area contributed by atoms with Gasteiger partial charge in [-0.25, -0.2) is 0 Å². The second-order valence-corrected chi connectivity index (χ2v) is 6.45. The van der Waals surface area contributed by atoms with Gasteiger partial charge in [0.15, 0.2) is 0 Å². The van der Waals surface area contributed by atoms with Gasteiger partial charge in [-0.3, -0.25) is 9.59 Å². The van der Waals surface area contributed by atoms with Crippen LogP contribution in [0.25, 0.3) is 6.08 Å². The first-order valence-electron chi connectivity index (χ1n) is 9.32. The molecule has 0 unspecified atom stereocenters. The SMILES string of the molecule is CCCOc1ccccc1/C=C/C(=O)N(CCC(=O)OCC)CC(C)C. The molecule has 0 fully saturated rings. The molecule has 0 spiro atoms. The van der Waals surface area contributed by atoms with Crippen LogP contribution in [-0.2, 0) is 14.3 Å². The average Bonchev–Trinajstić information content (AvgIpc) is 2.62. The number of esters is 1. The van der Waals surface area contributed by atoms with E-state index in [0.717, 1.165) is 17.7 Å². The summed E-state index contributed by atoms with van der Waals surface area (Å²) in [6.45, 7) is 9.85. The molecule has 0 aliphatic rings. The fourth-order valence-corrected chi connectivity index (χ4v) is 2.42. The van der Waals surface area contributed by atoms with Gasteiger partial charge >= 0.3 is 5.97 Å². The number of amides is 1. The van der Waals surface area contributed by atoms with Crippen LogP contribution in [0.4, 0.5) is 0 Å². The molecule has 26 heavy (non-hydrogen) atoms. The molecule has 0 aromatic heterocycles. The second-order valence-electron chi connectivity index (χ2n) is 6.45.